The molecular weight excluding hydrogens is 268 g/mol. The van der Waals surface area contributed by atoms with E-state index in [2.05, 4.69) is 10.4 Å². The Morgan fingerprint density at radius 2 is 2.05 bits per heavy atom. The normalized spacial score (nSPS) is 16.9. The number of carboxylic acid groups (broad SMARTS) is 1. The Labute approximate surface area is 112 Å². The highest BCUT2D eigenvalue weighted by molar-refractivity contribution is 5.95. The Morgan fingerprint density at radius 3 is 2.65 bits per heavy atom. The minimum atomic E-state index is -1.08. The molecule has 2 heterocycles. The summed E-state index contributed by atoms with van der Waals surface area (Å²) in [6, 6.07) is 2.84. The van der Waals surface area contributed by atoms with E-state index in [-0.39, 0.29) is 5.56 Å². The van der Waals surface area contributed by atoms with Crippen molar-refractivity contribution in [1.29, 1.82) is 0 Å². The molecular formula is C13H11F2N3O2. The van der Waals surface area contributed by atoms with Gasteiger partial charge < -0.3 is 10.4 Å². The number of aromatic carboxylic acids is 1. The molecule has 0 unspecified atom stereocenters. The maximum atomic E-state index is 13.2. The van der Waals surface area contributed by atoms with E-state index in [0.717, 1.165) is 6.07 Å². The van der Waals surface area contributed by atoms with Crippen LogP contribution in [-0.2, 0) is 6.54 Å². The molecule has 20 heavy (non-hydrogen) atoms. The predicted molar refractivity (Wildman–Crippen MR) is 66.6 cm³/mol. The third-order valence-electron chi connectivity index (χ3n) is 3.30. The third-order valence-corrected chi connectivity index (χ3v) is 3.30. The predicted octanol–water partition coefficient (Wildman–Crippen LogP) is 2.33. The van der Waals surface area contributed by atoms with Gasteiger partial charge >= 0.3 is 5.97 Å². The molecule has 0 fully saturated rings. The number of rotatable bonds is 2. The number of nitrogens with zero attached hydrogens (tertiary/aromatic N) is 2. The average Bonchev–Trinajstić information content (AvgIpc) is 2.83. The molecule has 5 nitrogen and oxygen atoms in total. The number of fused-ring (bicyclic) bond motifs is 1. The number of halogens is 2. The molecule has 0 spiro atoms. The number of carbonyl (C=O) groups is 1. The van der Waals surface area contributed by atoms with Crippen LogP contribution in [0.1, 0.15) is 27.7 Å². The number of hydrogen-bond acceptors (Lipinski definition) is 3. The van der Waals surface area contributed by atoms with Crippen molar-refractivity contribution in [1.82, 2.24) is 9.78 Å². The first kappa shape index (κ1) is 12.6. The van der Waals surface area contributed by atoms with Crippen molar-refractivity contribution in [2.24, 2.45) is 0 Å². The highest BCUT2D eigenvalue weighted by Gasteiger charge is 2.30. The van der Waals surface area contributed by atoms with Gasteiger partial charge in [-0.2, -0.15) is 5.10 Å². The topological polar surface area (TPSA) is 67.2 Å². The molecule has 0 amide bonds. The van der Waals surface area contributed by atoms with Crippen molar-refractivity contribution in [3.05, 3.63) is 46.7 Å². The Balaban J connectivity index is 1.96. The van der Waals surface area contributed by atoms with Gasteiger partial charge in [0.25, 0.3) is 0 Å². The van der Waals surface area contributed by atoms with E-state index in [4.69, 9.17) is 5.11 Å². The number of nitrogens with one attached hydrogen (secondary N) is 1. The summed E-state index contributed by atoms with van der Waals surface area (Å²) in [4.78, 5) is 11.2. The Hall–Kier alpha value is -2.44. The molecule has 0 saturated carbocycles. The van der Waals surface area contributed by atoms with Crippen molar-refractivity contribution >= 4 is 11.8 Å². The molecule has 7 heteroatoms. The lowest BCUT2D eigenvalue weighted by molar-refractivity contribution is 0.0697. The fourth-order valence-corrected chi connectivity index (χ4v) is 2.47. The highest BCUT2D eigenvalue weighted by Crippen LogP contribution is 2.33. The zero-order valence-electron chi connectivity index (χ0n) is 10.5. The van der Waals surface area contributed by atoms with E-state index >= 15 is 0 Å². The van der Waals surface area contributed by atoms with Crippen LogP contribution in [0.3, 0.4) is 0 Å². The number of benzene rings is 1. The third kappa shape index (κ3) is 1.91. The Kier molecular flexibility index (Phi) is 2.70. The molecule has 1 aromatic carbocycles. The highest BCUT2D eigenvalue weighted by atomic mass is 19.1. The van der Waals surface area contributed by atoms with Gasteiger partial charge in [0.15, 0.2) is 0 Å². The summed E-state index contributed by atoms with van der Waals surface area (Å²) in [5.41, 5.74) is 0.912. The van der Waals surface area contributed by atoms with Crippen LogP contribution >= 0.6 is 0 Å². The largest absolute Gasteiger partial charge is 0.477 e. The van der Waals surface area contributed by atoms with Gasteiger partial charge in [-0.15, -0.1) is 0 Å². The smallest absolute Gasteiger partial charge is 0.341 e. The summed E-state index contributed by atoms with van der Waals surface area (Å²) in [6.45, 7) is 1.93. The van der Waals surface area contributed by atoms with Gasteiger partial charge in [-0.05, 0) is 24.6 Å². The molecule has 3 rings (SSSR count). The van der Waals surface area contributed by atoms with Crippen LogP contribution < -0.4 is 5.32 Å². The lowest BCUT2D eigenvalue weighted by Crippen LogP contribution is -2.10. The van der Waals surface area contributed by atoms with Crippen LogP contribution in [-0.4, -0.2) is 20.9 Å². The zero-order chi connectivity index (χ0) is 14.4. The quantitative estimate of drug-likeness (QED) is 0.885. The van der Waals surface area contributed by atoms with Crippen LogP contribution in [0.4, 0.5) is 14.6 Å². The first-order valence-corrected chi connectivity index (χ1v) is 5.99. The molecule has 1 aliphatic rings. The zero-order valence-corrected chi connectivity index (χ0v) is 10.5. The van der Waals surface area contributed by atoms with Gasteiger partial charge in [-0.25, -0.2) is 18.3 Å². The molecule has 0 saturated heterocycles. The van der Waals surface area contributed by atoms with E-state index in [9.17, 15) is 13.6 Å². The van der Waals surface area contributed by atoms with Crippen molar-refractivity contribution in [2.75, 3.05) is 5.32 Å². The summed E-state index contributed by atoms with van der Waals surface area (Å²) in [6.07, 6.45) is 0. The molecule has 1 aliphatic heterocycles. The monoisotopic (exact) mass is 279 g/mol. The first-order valence-electron chi connectivity index (χ1n) is 5.99. The van der Waals surface area contributed by atoms with Crippen LogP contribution in [0.2, 0.25) is 0 Å². The van der Waals surface area contributed by atoms with Gasteiger partial charge in [0, 0.05) is 6.07 Å². The van der Waals surface area contributed by atoms with Crippen LogP contribution in [0, 0.1) is 18.6 Å². The molecule has 1 aromatic heterocycles. The van der Waals surface area contributed by atoms with Crippen molar-refractivity contribution < 1.29 is 18.7 Å². The van der Waals surface area contributed by atoms with Crippen molar-refractivity contribution in [3.63, 3.8) is 0 Å². The second kappa shape index (κ2) is 4.29. The van der Waals surface area contributed by atoms with Crippen LogP contribution in [0.5, 0.6) is 0 Å². The van der Waals surface area contributed by atoms with Gasteiger partial charge in [0.2, 0.25) is 0 Å². The van der Waals surface area contributed by atoms with Crippen LogP contribution in [0.25, 0.3) is 0 Å². The molecule has 104 valence electrons. The lowest BCUT2D eigenvalue weighted by atomic mass is 10.1. The van der Waals surface area contributed by atoms with Crippen molar-refractivity contribution in [3.8, 4) is 0 Å². The minimum absolute atomic E-state index is 0.0874. The summed E-state index contributed by atoms with van der Waals surface area (Å²) in [5.74, 6) is -2.05. The molecule has 0 bridgehead atoms. The summed E-state index contributed by atoms with van der Waals surface area (Å²) < 4.78 is 28.0. The molecule has 2 N–H and O–H groups in total. The maximum absolute atomic E-state index is 13.2. The van der Waals surface area contributed by atoms with E-state index in [0.29, 0.717) is 23.6 Å². The SMILES string of the molecule is Cc1nn2c(c1C(=O)O)N[C@@H](c1cc(F)cc(F)c1)C2. The fourth-order valence-electron chi connectivity index (χ4n) is 2.47. The summed E-state index contributed by atoms with van der Waals surface area (Å²) in [5, 5.41) is 16.2. The van der Waals surface area contributed by atoms with Gasteiger partial charge in [0.1, 0.15) is 23.0 Å². The van der Waals surface area contributed by atoms with E-state index in [1.54, 1.807) is 6.92 Å². The summed E-state index contributed by atoms with van der Waals surface area (Å²) in [7, 11) is 0. The number of aryl methyl sites for hydroxylation is 1. The van der Waals surface area contributed by atoms with Gasteiger partial charge in [0.05, 0.1) is 18.3 Å². The average molecular weight is 279 g/mol. The molecule has 0 aliphatic carbocycles. The number of aromatic nitrogens is 2. The Morgan fingerprint density at radius 1 is 1.40 bits per heavy atom. The Bertz CT molecular complexity index is 692. The fraction of sp³-hybridized carbons (Fsp3) is 0.231. The second-order valence-corrected chi connectivity index (χ2v) is 4.70. The maximum Gasteiger partial charge on any atom is 0.341 e. The lowest BCUT2D eigenvalue weighted by Gasteiger charge is -2.11. The number of anilines is 1. The number of hydrogen-bond donors (Lipinski definition) is 2. The van der Waals surface area contributed by atoms with Crippen molar-refractivity contribution in [2.45, 2.75) is 19.5 Å². The second-order valence-electron chi connectivity index (χ2n) is 4.70. The standard InChI is InChI=1S/C13H11F2N3O2/c1-6-11(13(19)20)12-16-10(5-18(12)17-6)7-2-8(14)4-9(15)3-7/h2-4,10,16H,5H2,1H3,(H,19,20)/t10-/m1/s1. The molecule has 0 radical (unpaired) electrons. The van der Waals surface area contributed by atoms with E-state index in [1.165, 1.54) is 16.8 Å². The minimum Gasteiger partial charge on any atom is -0.477 e. The molecule has 1 atom stereocenters. The van der Waals surface area contributed by atoms with E-state index in [1.807, 2.05) is 0 Å². The molecule has 2 aromatic rings. The van der Waals surface area contributed by atoms with Gasteiger partial charge in [-0.3, -0.25) is 0 Å². The van der Waals surface area contributed by atoms with Gasteiger partial charge in [-0.1, -0.05) is 0 Å². The first-order chi connectivity index (χ1) is 9.45. The number of carboxylic acids is 1. The van der Waals surface area contributed by atoms with E-state index < -0.39 is 23.6 Å². The summed E-state index contributed by atoms with van der Waals surface area (Å²) >= 11 is 0. The van der Waals surface area contributed by atoms with Crippen LogP contribution in [0.15, 0.2) is 18.2 Å².